The van der Waals surface area contributed by atoms with Crippen molar-refractivity contribution in [2.24, 2.45) is 0 Å². The lowest BCUT2D eigenvalue weighted by atomic mass is 10.1. The van der Waals surface area contributed by atoms with Crippen LogP contribution in [0.5, 0.6) is 0 Å². The van der Waals surface area contributed by atoms with Crippen LogP contribution in [-0.4, -0.2) is 24.8 Å². The maximum atomic E-state index is 12.7. The van der Waals surface area contributed by atoms with E-state index in [4.69, 9.17) is 0 Å². The summed E-state index contributed by atoms with van der Waals surface area (Å²) in [4.78, 5) is 23.4. The predicted molar refractivity (Wildman–Crippen MR) is 113 cm³/mol. The number of amides is 1. The monoisotopic (exact) mass is 405 g/mol. The highest BCUT2D eigenvalue weighted by molar-refractivity contribution is 7.16. The Balaban J connectivity index is 1.35. The van der Waals surface area contributed by atoms with Crippen LogP contribution in [0.4, 0.5) is 5.69 Å². The molecule has 0 aliphatic rings. The summed E-state index contributed by atoms with van der Waals surface area (Å²) in [7, 11) is 0. The van der Waals surface area contributed by atoms with Gasteiger partial charge < -0.3 is 9.88 Å². The summed E-state index contributed by atoms with van der Waals surface area (Å²) in [6.45, 7) is 1.85. The van der Waals surface area contributed by atoms with Gasteiger partial charge in [0.2, 0.25) is 0 Å². The molecule has 0 saturated heterocycles. The Bertz CT molecular complexity index is 1230. The standard InChI is InChI=1S/C20H15N5OS2/c1-13-17(28-20(21-13)24-8-2-3-9-24)18(26)22-15-6-4-14(5-7-15)16-12-25-10-11-27-19(25)23-16/h2-12H,1H3,(H,22,26). The molecule has 28 heavy (non-hydrogen) atoms. The van der Waals surface area contributed by atoms with Crippen LogP contribution in [0, 0.1) is 6.92 Å². The Kier molecular flexibility index (Phi) is 4.07. The van der Waals surface area contributed by atoms with Crippen LogP contribution < -0.4 is 5.32 Å². The minimum Gasteiger partial charge on any atom is -0.321 e. The summed E-state index contributed by atoms with van der Waals surface area (Å²) in [5.74, 6) is -0.149. The molecule has 5 rings (SSSR count). The molecule has 138 valence electrons. The van der Waals surface area contributed by atoms with E-state index in [9.17, 15) is 4.79 Å². The SMILES string of the molecule is Cc1nc(-n2cccc2)sc1C(=O)Nc1ccc(-c2cn3ccsc3n2)cc1. The summed E-state index contributed by atoms with van der Waals surface area (Å²) in [5.41, 5.74) is 3.39. The molecule has 0 radical (unpaired) electrons. The van der Waals surface area contributed by atoms with Gasteiger partial charge in [-0.1, -0.05) is 23.5 Å². The van der Waals surface area contributed by atoms with Gasteiger partial charge in [0.05, 0.1) is 11.4 Å². The molecule has 1 aromatic carbocycles. The zero-order valence-electron chi connectivity index (χ0n) is 14.9. The number of fused-ring (bicyclic) bond motifs is 1. The molecule has 1 N–H and O–H groups in total. The Morgan fingerprint density at radius 3 is 2.61 bits per heavy atom. The molecule has 0 fully saturated rings. The molecule has 0 spiro atoms. The summed E-state index contributed by atoms with van der Waals surface area (Å²) in [6.07, 6.45) is 7.82. The van der Waals surface area contributed by atoms with Crippen LogP contribution in [-0.2, 0) is 0 Å². The zero-order valence-corrected chi connectivity index (χ0v) is 16.5. The second-order valence-electron chi connectivity index (χ2n) is 6.25. The van der Waals surface area contributed by atoms with Gasteiger partial charge in [-0.05, 0) is 31.2 Å². The number of carbonyl (C=O) groups excluding carboxylic acids is 1. The van der Waals surface area contributed by atoms with Crippen LogP contribution in [0.15, 0.2) is 66.6 Å². The predicted octanol–water partition coefficient (Wildman–Crippen LogP) is 4.87. The molecule has 1 amide bonds. The van der Waals surface area contributed by atoms with Crippen LogP contribution in [0.3, 0.4) is 0 Å². The normalized spacial score (nSPS) is 11.2. The van der Waals surface area contributed by atoms with Crippen molar-refractivity contribution in [3.05, 3.63) is 77.1 Å². The zero-order chi connectivity index (χ0) is 19.1. The summed E-state index contributed by atoms with van der Waals surface area (Å²) < 4.78 is 3.91. The molecule has 4 aromatic heterocycles. The van der Waals surface area contributed by atoms with Crippen LogP contribution in [0.25, 0.3) is 21.3 Å². The van der Waals surface area contributed by atoms with Crippen molar-refractivity contribution in [3.8, 4) is 16.4 Å². The smallest absolute Gasteiger partial charge is 0.267 e. The third-order valence-electron chi connectivity index (χ3n) is 4.35. The van der Waals surface area contributed by atoms with E-state index in [0.717, 1.165) is 32.7 Å². The molecular weight excluding hydrogens is 390 g/mol. The average molecular weight is 406 g/mol. The molecule has 0 unspecified atom stereocenters. The molecule has 6 nitrogen and oxygen atoms in total. The molecule has 0 aliphatic heterocycles. The van der Waals surface area contributed by atoms with Crippen molar-refractivity contribution in [2.75, 3.05) is 5.32 Å². The molecular formula is C20H15N5OS2. The number of benzene rings is 1. The van der Waals surface area contributed by atoms with E-state index >= 15 is 0 Å². The first-order valence-electron chi connectivity index (χ1n) is 8.62. The lowest BCUT2D eigenvalue weighted by molar-refractivity contribution is 0.103. The number of thiazole rings is 2. The molecule has 8 heteroatoms. The molecule has 4 heterocycles. The van der Waals surface area contributed by atoms with E-state index in [1.165, 1.54) is 11.3 Å². The number of rotatable bonds is 4. The first-order valence-corrected chi connectivity index (χ1v) is 10.3. The Hall–Kier alpha value is -3.23. The lowest BCUT2D eigenvalue weighted by Crippen LogP contribution is -2.11. The number of imidazole rings is 1. The van der Waals surface area contributed by atoms with Crippen LogP contribution >= 0.6 is 22.7 Å². The van der Waals surface area contributed by atoms with Crippen LogP contribution in [0.1, 0.15) is 15.4 Å². The Labute approximate surface area is 168 Å². The molecule has 0 atom stereocenters. The quantitative estimate of drug-likeness (QED) is 0.464. The van der Waals surface area contributed by atoms with Crippen molar-refractivity contribution in [1.29, 1.82) is 0 Å². The fourth-order valence-electron chi connectivity index (χ4n) is 2.94. The number of aromatic nitrogens is 4. The number of aryl methyl sites for hydroxylation is 1. The summed E-state index contributed by atoms with van der Waals surface area (Å²) >= 11 is 2.98. The molecule has 0 bridgehead atoms. The first-order chi connectivity index (χ1) is 13.7. The summed E-state index contributed by atoms with van der Waals surface area (Å²) in [5, 5.41) is 5.74. The van der Waals surface area contributed by atoms with E-state index in [-0.39, 0.29) is 5.91 Å². The summed E-state index contributed by atoms with van der Waals surface area (Å²) in [6, 6.07) is 11.6. The highest BCUT2D eigenvalue weighted by atomic mass is 32.1. The highest BCUT2D eigenvalue weighted by Crippen LogP contribution is 2.25. The van der Waals surface area contributed by atoms with Crippen molar-refractivity contribution in [1.82, 2.24) is 18.9 Å². The highest BCUT2D eigenvalue weighted by Gasteiger charge is 2.16. The number of anilines is 1. The Morgan fingerprint density at radius 2 is 1.86 bits per heavy atom. The first kappa shape index (κ1) is 16.9. The van der Waals surface area contributed by atoms with E-state index in [2.05, 4.69) is 15.3 Å². The van der Waals surface area contributed by atoms with Crippen molar-refractivity contribution in [2.45, 2.75) is 6.92 Å². The van der Waals surface area contributed by atoms with Gasteiger partial charge in [-0.2, -0.15) is 0 Å². The minimum atomic E-state index is -0.149. The van der Waals surface area contributed by atoms with Crippen molar-refractivity contribution >= 4 is 39.2 Å². The van der Waals surface area contributed by atoms with E-state index in [0.29, 0.717) is 4.88 Å². The van der Waals surface area contributed by atoms with Gasteiger partial charge in [0.1, 0.15) is 4.88 Å². The Morgan fingerprint density at radius 1 is 1.07 bits per heavy atom. The van der Waals surface area contributed by atoms with E-state index in [1.807, 2.05) is 82.5 Å². The van der Waals surface area contributed by atoms with Crippen molar-refractivity contribution < 1.29 is 4.79 Å². The van der Waals surface area contributed by atoms with E-state index in [1.54, 1.807) is 11.3 Å². The maximum Gasteiger partial charge on any atom is 0.267 e. The number of nitrogens with one attached hydrogen (secondary N) is 1. The third kappa shape index (κ3) is 3.02. The van der Waals surface area contributed by atoms with Gasteiger partial charge in [-0.25, -0.2) is 9.97 Å². The fraction of sp³-hybridized carbons (Fsp3) is 0.0500. The van der Waals surface area contributed by atoms with Gasteiger partial charge in [0.25, 0.3) is 5.91 Å². The van der Waals surface area contributed by atoms with Gasteiger partial charge in [-0.3, -0.25) is 9.20 Å². The van der Waals surface area contributed by atoms with Crippen molar-refractivity contribution in [3.63, 3.8) is 0 Å². The van der Waals surface area contributed by atoms with E-state index < -0.39 is 0 Å². The number of carbonyl (C=O) groups is 1. The van der Waals surface area contributed by atoms with Gasteiger partial charge in [0.15, 0.2) is 10.1 Å². The lowest BCUT2D eigenvalue weighted by Gasteiger charge is -2.05. The maximum absolute atomic E-state index is 12.7. The fourth-order valence-corrected chi connectivity index (χ4v) is 4.57. The second-order valence-corrected chi connectivity index (χ2v) is 8.10. The molecule has 0 aliphatic carbocycles. The van der Waals surface area contributed by atoms with Gasteiger partial charge >= 0.3 is 0 Å². The minimum absolute atomic E-state index is 0.149. The number of nitrogens with zero attached hydrogens (tertiary/aromatic N) is 4. The molecule has 0 saturated carbocycles. The molecule has 5 aromatic rings. The van der Waals surface area contributed by atoms with Gasteiger partial charge in [0, 0.05) is 41.4 Å². The van der Waals surface area contributed by atoms with Gasteiger partial charge in [-0.15, -0.1) is 11.3 Å². The third-order valence-corrected chi connectivity index (χ3v) is 6.29. The topological polar surface area (TPSA) is 64.2 Å². The average Bonchev–Trinajstić information content (AvgIpc) is 3.45. The second kappa shape index (κ2) is 6.74. The number of hydrogen-bond acceptors (Lipinski definition) is 5. The van der Waals surface area contributed by atoms with Crippen LogP contribution in [0.2, 0.25) is 0 Å². The largest absolute Gasteiger partial charge is 0.321 e. The number of hydrogen-bond donors (Lipinski definition) is 1.